The van der Waals surface area contributed by atoms with Crippen LogP contribution >= 0.6 is 0 Å². The topological polar surface area (TPSA) is 52.6 Å². The van der Waals surface area contributed by atoms with Gasteiger partial charge < -0.3 is 9.47 Å². The molecule has 0 atom stereocenters. The van der Waals surface area contributed by atoms with Crippen LogP contribution in [0.25, 0.3) is 0 Å². The molecule has 0 aliphatic carbocycles. The van der Waals surface area contributed by atoms with Crippen molar-refractivity contribution >= 4 is 11.9 Å². The van der Waals surface area contributed by atoms with E-state index in [0.29, 0.717) is 19.6 Å². The molecule has 20 heavy (non-hydrogen) atoms. The number of hydrogen-bond donors (Lipinski definition) is 0. The van der Waals surface area contributed by atoms with Crippen LogP contribution in [0.2, 0.25) is 0 Å². The van der Waals surface area contributed by atoms with Crippen LogP contribution in [0.3, 0.4) is 0 Å². The summed E-state index contributed by atoms with van der Waals surface area (Å²) in [6.07, 6.45) is 3.41. The Morgan fingerprint density at radius 2 is 1.30 bits per heavy atom. The molecule has 0 unspecified atom stereocenters. The van der Waals surface area contributed by atoms with E-state index in [2.05, 4.69) is 6.92 Å². The predicted molar refractivity (Wildman–Crippen MR) is 79.2 cm³/mol. The highest BCUT2D eigenvalue weighted by Gasteiger charge is 2.29. The van der Waals surface area contributed by atoms with E-state index in [1.165, 1.54) is 0 Å². The predicted octanol–water partition coefficient (Wildman–Crippen LogP) is 3.58. The molecular weight excluding hydrogens is 256 g/mol. The van der Waals surface area contributed by atoms with E-state index >= 15 is 0 Å². The third kappa shape index (κ3) is 8.94. The minimum Gasteiger partial charge on any atom is -0.465 e. The van der Waals surface area contributed by atoms with Gasteiger partial charge in [-0.2, -0.15) is 0 Å². The molecular formula is C16H30O4. The van der Waals surface area contributed by atoms with Crippen LogP contribution in [0, 0.1) is 17.8 Å². The van der Waals surface area contributed by atoms with Gasteiger partial charge in [-0.3, -0.25) is 9.59 Å². The minimum atomic E-state index is -0.765. The molecule has 0 radical (unpaired) electrons. The Balaban J connectivity index is 4.44. The highest BCUT2D eigenvalue weighted by Crippen LogP contribution is 2.15. The fourth-order valence-corrected chi connectivity index (χ4v) is 1.63. The van der Waals surface area contributed by atoms with Gasteiger partial charge in [0, 0.05) is 0 Å². The standard InChI is InChI=1S/C16H30O4/c1-6-7-8-9-14(15(17)19-10-12(2)3)16(18)20-11-13(4)5/h12-14H,6-11H2,1-5H3. The van der Waals surface area contributed by atoms with Gasteiger partial charge in [-0.25, -0.2) is 0 Å². The average molecular weight is 286 g/mol. The monoisotopic (exact) mass is 286 g/mol. The van der Waals surface area contributed by atoms with Crippen LogP contribution in [0.4, 0.5) is 0 Å². The molecule has 0 rings (SSSR count). The third-order valence-electron chi connectivity index (χ3n) is 2.78. The van der Waals surface area contributed by atoms with Crippen molar-refractivity contribution in [2.24, 2.45) is 17.8 Å². The van der Waals surface area contributed by atoms with Gasteiger partial charge in [-0.15, -0.1) is 0 Å². The van der Waals surface area contributed by atoms with Crippen molar-refractivity contribution in [3.05, 3.63) is 0 Å². The molecule has 0 saturated carbocycles. The van der Waals surface area contributed by atoms with E-state index in [0.717, 1.165) is 19.3 Å². The summed E-state index contributed by atoms with van der Waals surface area (Å²) < 4.78 is 10.4. The summed E-state index contributed by atoms with van der Waals surface area (Å²) in [6.45, 7) is 10.7. The highest BCUT2D eigenvalue weighted by molar-refractivity contribution is 5.94. The van der Waals surface area contributed by atoms with Crippen molar-refractivity contribution in [2.45, 2.75) is 60.3 Å². The molecule has 0 aliphatic rings. The number of hydrogen-bond acceptors (Lipinski definition) is 4. The maximum atomic E-state index is 12.0. The van der Waals surface area contributed by atoms with Crippen LogP contribution in [0.5, 0.6) is 0 Å². The molecule has 0 amide bonds. The third-order valence-corrected chi connectivity index (χ3v) is 2.78. The van der Waals surface area contributed by atoms with Gasteiger partial charge >= 0.3 is 11.9 Å². The second-order valence-corrected chi connectivity index (χ2v) is 6.10. The average Bonchev–Trinajstić information content (AvgIpc) is 2.38. The largest absolute Gasteiger partial charge is 0.465 e. The molecule has 0 aromatic carbocycles. The molecule has 4 nitrogen and oxygen atoms in total. The van der Waals surface area contributed by atoms with E-state index in [4.69, 9.17) is 9.47 Å². The minimum absolute atomic E-state index is 0.266. The number of carbonyl (C=O) groups excluding carboxylic acids is 2. The van der Waals surface area contributed by atoms with Crippen molar-refractivity contribution in [3.8, 4) is 0 Å². The maximum Gasteiger partial charge on any atom is 0.320 e. The van der Waals surface area contributed by atoms with Gasteiger partial charge in [0.2, 0.25) is 0 Å². The fourth-order valence-electron chi connectivity index (χ4n) is 1.63. The van der Waals surface area contributed by atoms with E-state index in [9.17, 15) is 9.59 Å². The smallest absolute Gasteiger partial charge is 0.320 e. The Morgan fingerprint density at radius 1 is 0.850 bits per heavy atom. The van der Waals surface area contributed by atoms with E-state index < -0.39 is 17.9 Å². The Bertz CT molecular complexity index is 260. The molecule has 0 aromatic heterocycles. The van der Waals surface area contributed by atoms with Crippen molar-refractivity contribution in [1.82, 2.24) is 0 Å². The normalized spacial score (nSPS) is 11.2. The van der Waals surface area contributed by atoms with Crippen molar-refractivity contribution in [2.75, 3.05) is 13.2 Å². The molecule has 0 saturated heterocycles. The summed E-state index contributed by atoms with van der Waals surface area (Å²) in [4.78, 5) is 24.0. The molecule has 4 heteroatoms. The van der Waals surface area contributed by atoms with Gasteiger partial charge in [-0.05, 0) is 18.3 Å². The van der Waals surface area contributed by atoms with Crippen LogP contribution in [-0.2, 0) is 19.1 Å². The first-order valence-corrected chi connectivity index (χ1v) is 7.71. The van der Waals surface area contributed by atoms with Crippen LogP contribution < -0.4 is 0 Å². The van der Waals surface area contributed by atoms with E-state index in [1.54, 1.807) is 0 Å². The summed E-state index contributed by atoms with van der Waals surface area (Å²) >= 11 is 0. The zero-order valence-electron chi connectivity index (χ0n) is 13.6. The lowest BCUT2D eigenvalue weighted by molar-refractivity contribution is -0.163. The molecule has 0 bridgehead atoms. The first-order valence-electron chi connectivity index (χ1n) is 7.71. The Morgan fingerprint density at radius 3 is 1.65 bits per heavy atom. The molecule has 0 fully saturated rings. The van der Waals surface area contributed by atoms with Crippen molar-refractivity contribution in [1.29, 1.82) is 0 Å². The zero-order valence-corrected chi connectivity index (χ0v) is 13.6. The first kappa shape index (κ1) is 18.9. The lowest BCUT2D eigenvalue weighted by atomic mass is 10.0. The number of carbonyl (C=O) groups is 2. The van der Waals surface area contributed by atoms with Gasteiger partial charge in [-0.1, -0.05) is 53.9 Å². The SMILES string of the molecule is CCCCCC(C(=O)OCC(C)C)C(=O)OCC(C)C. The lowest BCUT2D eigenvalue weighted by Gasteiger charge is -2.17. The number of rotatable bonds is 10. The van der Waals surface area contributed by atoms with Crippen LogP contribution in [-0.4, -0.2) is 25.2 Å². The maximum absolute atomic E-state index is 12.0. The first-order chi connectivity index (χ1) is 9.38. The molecule has 0 heterocycles. The second-order valence-electron chi connectivity index (χ2n) is 6.10. The Kier molecular flexibility index (Phi) is 10.1. The highest BCUT2D eigenvalue weighted by atomic mass is 16.6. The molecule has 0 spiro atoms. The van der Waals surface area contributed by atoms with Crippen LogP contribution in [0.1, 0.15) is 60.3 Å². The molecule has 0 N–H and O–H groups in total. The number of unbranched alkanes of at least 4 members (excludes halogenated alkanes) is 2. The number of esters is 2. The van der Waals surface area contributed by atoms with E-state index in [1.807, 2.05) is 27.7 Å². The van der Waals surface area contributed by atoms with Gasteiger partial charge in [0.1, 0.15) is 0 Å². The summed E-state index contributed by atoms with van der Waals surface area (Å²) in [5.41, 5.74) is 0. The number of ether oxygens (including phenoxy) is 2. The van der Waals surface area contributed by atoms with Crippen molar-refractivity contribution in [3.63, 3.8) is 0 Å². The molecule has 0 aliphatic heterocycles. The lowest BCUT2D eigenvalue weighted by Crippen LogP contribution is -2.29. The summed E-state index contributed by atoms with van der Waals surface area (Å²) in [6, 6.07) is 0. The summed E-state index contributed by atoms with van der Waals surface area (Å²) in [7, 11) is 0. The zero-order chi connectivity index (χ0) is 15.5. The second kappa shape index (κ2) is 10.7. The summed E-state index contributed by atoms with van der Waals surface area (Å²) in [5.74, 6) is -1.12. The van der Waals surface area contributed by atoms with E-state index in [-0.39, 0.29) is 11.8 Å². The molecule has 0 aromatic rings. The van der Waals surface area contributed by atoms with Crippen molar-refractivity contribution < 1.29 is 19.1 Å². The van der Waals surface area contributed by atoms with Gasteiger partial charge in [0.05, 0.1) is 13.2 Å². The van der Waals surface area contributed by atoms with Crippen LogP contribution in [0.15, 0.2) is 0 Å². The Hall–Kier alpha value is -1.06. The Labute approximate surface area is 123 Å². The van der Waals surface area contributed by atoms with Gasteiger partial charge in [0.15, 0.2) is 5.92 Å². The van der Waals surface area contributed by atoms with Gasteiger partial charge in [0.25, 0.3) is 0 Å². The fraction of sp³-hybridized carbons (Fsp3) is 0.875. The summed E-state index contributed by atoms with van der Waals surface area (Å²) in [5, 5.41) is 0. The quantitative estimate of drug-likeness (QED) is 0.350. The molecule has 118 valence electrons.